The molecule has 19 heavy (non-hydrogen) atoms. The summed E-state index contributed by atoms with van der Waals surface area (Å²) < 4.78 is 7.47. The molecule has 0 bridgehead atoms. The zero-order valence-corrected chi connectivity index (χ0v) is 10.8. The molecule has 2 aromatic rings. The van der Waals surface area contributed by atoms with Crippen molar-refractivity contribution < 1.29 is 4.74 Å². The number of hydrogen-bond donors (Lipinski definition) is 1. The molecule has 1 unspecified atom stereocenters. The molecule has 1 aromatic heterocycles. The maximum Gasteiger partial charge on any atom is 0.273 e. The first-order valence-electron chi connectivity index (χ1n) is 6.34. The van der Waals surface area contributed by atoms with Crippen LogP contribution in [-0.2, 0) is 13.0 Å². The monoisotopic (exact) mass is 256 g/mol. The van der Waals surface area contributed by atoms with Gasteiger partial charge >= 0.3 is 0 Å². The Morgan fingerprint density at radius 2 is 2.26 bits per heavy atom. The number of aromatic nitrogens is 1. The van der Waals surface area contributed by atoms with Gasteiger partial charge in [-0.1, -0.05) is 17.7 Å². The Hall–Kier alpha value is -2.23. The molecule has 1 aliphatic heterocycles. The normalized spacial score (nSPS) is 17.0. The van der Waals surface area contributed by atoms with Gasteiger partial charge in [0.05, 0.1) is 12.2 Å². The maximum absolute atomic E-state index is 11.9. The molecular formula is C15H16N2O2. The zero-order chi connectivity index (χ0) is 13.4. The number of nitrogen functional groups attached to an aromatic ring is 1. The van der Waals surface area contributed by atoms with Crippen LogP contribution in [0.15, 0.2) is 41.3 Å². The number of hydrogen-bond acceptors (Lipinski definition) is 3. The van der Waals surface area contributed by atoms with E-state index < -0.39 is 0 Å². The van der Waals surface area contributed by atoms with E-state index in [0.717, 1.165) is 12.2 Å². The lowest BCUT2D eigenvalue weighted by Crippen LogP contribution is -2.29. The predicted octanol–water partition coefficient (Wildman–Crippen LogP) is 1.74. The number of aryl methyl sites for hydroxylation is 1. The summed E-state index contributed by atoms with van der Waals surface area (Å²) in [4.78, 5) is 11.9. The third kappa shape index (κ3) is 2.21. The van der Waals surface area contributed by atoms with Crippen LogP contribution in [0.3, 0.4) is 0 Å². The average molecular weight is 256 g/mol. The van der Waals surface area contributed by atoms with Crippen LogP contribution in [0.1, 0.15) is 11.1 Å². The fourth-order valence-corrected chi connectivity index (χ4v) is 2.47. The largest absolute Gasteiger partial charge is 0.488 e. The minimum atomic E-state index is -0.154. The van der Waals surface area contributed by atoms with Gasteiger partial charge in [0.1, 0.15) is 11.9 Å². The molecule has 4 nitrogen and oxygen atoms in total. The number of nitrogens with two attached hydrogens (primary N) is 1. The van der Waals surface area contributed by atoms with E-state index in [1.165, 1.54) is 11.1 Å². The fourth-order valence-electron chi connectivity index (χ4n) is 2.47. The minimum Gasteiger partial charge on any atom is -0.488 e. The molecule has 0 radical (unpaired) electrons. The van der Waals surface area contributed by atoms with E-state index in [4.69, 9.17) is 10.5 Å². The standard InChI is InChI=1S/C15H16N2O2/c1-10-4-5-14-11(7-10)8-12(19-14)9-17-6-2-3-13(16)15(17)18/h2-7,12H,8-9,16H2,1H3. The molecule has 2 heterocycles. The Bertz CT molecular complexity index is 676. The number of pyridine rings is 1. The Morgan fingerprint density at radius 1 is 1.42 bits per heavy atom. The Kier molecular flexibility index (Phi) is 2.78. The molecule has 0 fully saturated rings. The van der Waals surface area contributed by atoms with Crippen LogP contribution in [0.5, 0.6) is 5.75 Å². The summed E-state index contributed by atoms with van der Waals surface area (Å²) in [5.74, 6) is 0.924. The van der Waals surface area contributed by atoms with Crippen molar-refractivity contribution >= 4 is 5.69 Å². The van der Waals surface area contributed by atoms with E-state index in [9.17, 15) is 4.79 Å². The van der Waals surface area contributed by atoms with Crippen LogP contribution in [0.2, 0.25) is 0 Å². The Labute approximate surface area is 111 Å². The molecule has 2 N–H and O–H groups in total. The van der Waals surface area contributed by atoms with Gasteiger partial charge < -0.3 is 15.0 Å². The lowest BCUT2D eigenvalue weighted by molar-refractivity contribution is 0.207. The first-order valence-corrected chi connectivity index (χ1v) is 6.34. The number of benzene rings is 1. The number of anilines is 1. The fraction of sp³-hybridized carbons (Fsp3) is 0.267. The summed E-state index contributed by atoms with van der Waals surface area (Å²) in [7, 11) is 0. The van der Waals surface area contributed by atoms with Crippen LogP contribution >= 0.6 is 0 Å². The molecule has 4 heteroatoms. The van der Waals surface area contributed by atoms with Gasteiger partial charge in [-0.2, -0.15) is 0 Å². The summed E-state index contributed by atoms with van der Waals surface area (Å²) >= 11 is 0. The average Bonchev–Trinajstić information content (AvgIpc) is 2.76. The lowest BCUT2D eigenvalue weighted by atomic mass is 10.1. The van der Waals surface area contributed by atoms with Crippen molar-refractivity contribution in [2.24, 2.45) is 0 Å². The molecule has 3 rings (SSSR count). The summed E-state index contributed by atoms with van der Waals surface area (Å²) in [5.41, 5.74) is 8.18. The molecule has 0 amide bonds. The van der Waals surface area contributed by atoms with Crippen molar-refractivity contribution in [1.29, 1.82) is 0 Å². The summed E-state index contributed by atoms with van der Waals surface area (Å²) in [6, 6.07) is 9.56. The van der Waals surface area contributed by atoms with Crippen LogP contribution in [0.4, 0.5) is 5.69 Å². The summed E-state index contributed by atoms with van der Waals surface area (Å²) in [5, 5.41) is 0. The molecular weight excluding hydrogens is 240 g/mol. The van der Waals surface area contributed by atoms with Gasteiger partial charge in [0.15, 0.2) is 0 Å². The highest BCUT2D eigenvalue weighted by Crippen LogP contribution is 2.29. The molecule has 0 saturated carbocycles. The first-order chi connectivity index (χ1) is 9.13. The smallest absolute Gasteiger partial charge is 0.273 e. The maximum atomic E-state index is 11.9. The van der Waals surface area contributed by atoms with Gasteiger partial charge in [-0.05, 0) is 30.7 Å². The Morgan fingerprint density at radius 3 is 3.11 bits per heavy atom. The van der Waals surface area contributed by atoms with Crippen molar-refractivity contribution in [2.75, 3.05) is 5.73 Å². The topological polar surface area (TPSA) is 57.2 Å². The van der Waals surface area contributed by atoms with E-state index in [0.29, 0.717) is 6.54 Å². The highest BCUT2D eigenvalue weighted by molar-refractivity contribution is 5.40. The highest BCUT2D eigenvalue weighted by atomic mass is 16.5. The van der Waals surface area contributed by atoms with Crippen molar-refractivity contribution in [3.63, 3.8) is 0 Å². The Balaban J connectivity index is 1.81. The van der Waals surface area contributed by atoms with Crippen molar-refractivity contribution in [2.45, 2.75) is 26.0 Å². The number of fused-ring (bicyclic) bond motifs is 1. The van der Waals surface area contributed by atoms with Crippen LogP contribution in [-0.4, -0.2) is 10.7 Å². The van der Waals surface area contributed by atoms with Crippen molar-refractivity contribution in [1.82, 2.24) is 4.57 Å². The minimum absolute atomic E-state index is 0.00343. The second-order valence-electron chi connectivity index (χ2n) is 4.98. The highest BCUT2D eigenvalue weighted by Gasteiger charge is 2.23. The van der Waals surface area contributed by atoms with Crippen LogP contribution in [0.25, 0.3) is 0 Å². The van der Waals surface area contributed by atoms with Gasteiger partial charge in [-0.3, -0.25) is 4.79 Å². The number of ether oxygens (including phenoxy) is 1. The number of nitrogens with zero attached hydrogens (tertiary/aromatic N) is 1. The molecule has 1 aromatic carbocycles. The molecule has 98 valence electrons. The molecule has 0 saturated heterocycles. The first kappa shape index (κ1) is 11.8. The second kappa shape index (κ2) is 4.46. The van der Waals surface area contributed by atoms with Crippen molar-refractivity contribution in [3.8, 4) is 5.75 Å². The quantitative estimate of drug-likeness (QED) is 0.890. The van der Waals surface area contributed by atoms with Gasteiger partial charge in [-0.15, -0.1) is 0 Å². The SMILES string of the molecule is Cc1ccc2c(c1)CC(Cn1cccc(N)c1=O)O2. The van der Waals surface area contributed by atoms with Crippen LogP contribution in [0, 0.1) is 6.92 Å². The van der Waals surface area contributed by atoms with E-state index >= 15 is 0 Å². The second-order valence-corrected chi connectivity index (χ2v) is 4.98. The molecule has 0 spiro atoms. The number of rotatable bonds is 2. The third-order valence-corrected chi connectivity index (χ3v) is 3.41. The predicted molar refractivity (Wildman–Crippen MR) is 74.4 cm³/mol. The summed E-state index contributed by atoms with van der Waals surface area (Å²) in [6.45, 7) is 2.59. The van der Waals surface area contributed by atoms with Gasteiger partial charge in [0.25, 0.3) is 5.56 Å². The lowest BCUT2D eigenvalue weighted by Gasteiger charge is -2.12. The van der Waals surface area contributed by atoms with E-state index in [1.54, 1.807) is 22.9 Å². The van der Waals surface area contributed by atoms with E-state index in [-0.39, 0.29) is 17.4 Å². The summed E-state index contributed by atoms with van der Waals surface area (Å²) in [6.07, 6.45) is 2.57. The van der Waals surface area contributed by atoms with E-state index in [1.807, 2.05) is 12.1 Å². The van der Waals surface area contributed by atoms with Crippen molar-refractivity contribution in [3.05, 3.63) is 58.0 Å². The third-order valence-electron chi connectivity index (χ3n) is 3.41. The molecule has 1 aliphatic rings. The molecule has 1 atom stereocenters. The van der Waals surface area contributed by atoms with Gasteiger partial charge in [0, 0.05) is 12.6 Å². The zero-order valence-electron chi connectivity index (χ0n) is 10.8. The van der Waals surface area contributed by atoms with E-state index in [2.05, 4.69) is 13.0 Å². The van der Waals surface area contributed by atoms with Gasteiger partial charge in [-0.25, -0.2) is 0 Å². The van der Waals surface area contributed by atoms with Crippen LogP contribution < -0.4 is 16.0 Å². The molecule has 0 aliphatic carbocycles. The van der Waals surface area contributed by atoms with Gasteiger partial charge in [0.2, 0.25) is 0 Å².